The fourth-order valence-corrected chi connectivity index (χ4v) is 1.87. The predicted molar refractivity (Wildman–Crippen MR) is 65.7 cm³/mol. The molecule has 0 amide bonds. The summed E-state index contributed by atoms with van der Waals surface area (Å²) in [6, 6.07) is 9.28. The molecule has 0 aliphatic carbocycles. The Morgan fingerprint density at radius 2 is 1.94 bits per heavy atom. The van der Waals surface area contributed by atoms with Crippen LogP contribution in [-0.2, 0) is 13.1 Å². The van der Waals surface area contributed by atoms with Crippen molar-refractivity contribution in [3.63, 3.8) is 0 Å². The average Bonchev–Trinajstić information content (AvgIpc) is 2.74. The van der Waals surface area contributed by atoms with Gasteiger partial charge in [-0.25, -0.2) is 0 Å². The highest BCUT2D eigenvalue weighted by atomic mass is 35.5. The van der Waals surface area contributed by atoms with Gasteiger partial charge in [-0.1, -0.05) is 29.3 Å². The Morgan fingerprint density at radius 3 is 2.59 bits per heavy atom. The van der Waals surface area contributed by atoms with Gasteiger partial charge >= 0.3 is 0 Å². The fourth-order valence-electron chi connectivity index (χ4n) is 1.40. The van der Waals surface area contributed by atoms with E-state index in [2.05, 4.69) is 5.32 Å². The van der Waals surface area contributed by atoms with E-state index < -0.39 is 0 Å². The van der Waals surface area contributed by atoms with Crippen LogP contribution in [0.15, 0.2) is 41.0 Å². The molecule has 92 valence electrons. The van der Waals surface area contributed by atoms with Gasteiger partial charge < -0.3 is 22.1 Å². The highest BCUT2D eigenvalue weighted by Gasteiger charge is 2.01. The molecule has 0 spiro atoms. The Balaban J connectivity index is 0.00000144. The van der Waals surface area contributed by atoms with Crippen LogP contribution >= 0.6 is 23.2 Å². The van der Waals surface area contributed by atoms with Crippen LogP contribution in [0.2, 0.25) is 10.0 Å². The lowest BCUT2D eigenvalue weighted by atomic mass is 10.2. The van der Waals surface area contributed by atoms with E-state index in [1.165, 1.54) is 0 Å². The molecule has 0 saturated heterocycles. The van der Waals surface area contributed by atoms with Crippen molar-refractivity contribution in [2.24, 2.45) is 0 Å². The Kier molecular flexibility index (Phi) is 5.86. The summed E-state index contributed by atoms with van der Waals surface area (Å²) in [7, 11) is 0. The number of rotatable bonds is 4. The minimum absolute atomic E-state index is 0. The first-order valence-electron chi connectivity index (χ1n) is 4.93. The molecule has 0 atom stereocenters. The third kappa shape index (κ3) is 4.25. The number of hydrogen-bond acceptors (Lipinski definition) is 2. The minimum Gasteiger partial charge on any atom is -1.00 e. The molecular formula is C12H11Cl3NO-. The summed E-state index contributed by atoms with van der Waals surface area (Å²) >= 11 is 11.9. The summed E-state index contributed by atoms with van der Waals surface area (Å²) in [5, 5.41) is 4.58. The van der Waals surface area contributed by atoms with E-state index in [-0.39, 0.29) is 12.4 Å². The molecule has 5 heteroatoms. The Morgan fingerprint density at radius 1 is 1.12 bits per heavy atom. The second kappa shape index (κ2) is 6.92. The third-order valence-corrected chi connectivity index (χ3v) is 2.80. The molecule has 2 nitrogen and oxygen atoms in total. The van der Waals surface area contributed by atoms with Crippen molar-refractivity contribution in [1.29, 1.82) is 0 Å². The number of halogens is 3. The van der Waals surface area contributed by atoms with Crippen LogP contribution in [0.5, 0.6) is 0 Å². The summed E-state index contributed by atoms with van der Waals surface area (Å²) in [4.78, 5) is 0. The predicted octanol–water partition coefficient (Wildman–Crippen LogP) is 0.880. The van der Waals surface area contributed by atoms with Gasteiger partial charge in [0.05, 0.1) is 12.8 Å². The van der Waals surface area contributed by atoms with Crippen LogP contribution in [0.25, 0.3) is 0 Å². The molecule has 1 N–H and O–H groups in total. The van der Waals surface area contributed by atoms with Crippen molar-refractivity contribution in [1.82, 2.24) is 5.32 Å². The summed E-state index contributed by atoms with van der Waals surface area (Å²) in [6.07, 6.45) is 1.66. The lowest BCUT2D eigenvalue weighted by molar-refractivity contribution is -0.00000359. The van der Waals surface area contributed by atoms with Crippen LogP contribution in [0.1, 0.15) is 11.3 Å². The van der Waals surface area contributed by atoms with Crippen molar-refractivity contribution in [2.45, 2.75) is 13.1 Å². The monoisotopic (exact) mass is 290 g/mol. The van der Waals surface area contributed by atoms with Gasteiger partial charge in [-0.2, -0.15) is 0 Å². The van der Waals surface area contributed by atoms with Gasteiger partial charge in [0, 0.05) is 16.6 Å². The molecule has 0 bridgehead atoms. The van der Waals surface area contributed by atoms with E-state index in [1.807, 2.05) is 24.3 Å². The maximum absolute atomic E-state index is 6.04. The van der Waals surface area contributed by atoms with Crippen molar-refractivity contribution in [3.8, 4) is 0 Å². The van der Waals surface area contributed by atoms with Gasteiger partial charge in [-0.15, -0.1) is 0 Å². The summed E-state index contributed by atoms with van der Waals surface area (Å²) < 4.78 is 5.20. The van der Waals surface area contributed by atoms with Gasteiger partial charge in [-0.3, -0.25) is 0 Å². The van der Waals surface area contributed by atoms with Crippen molar-refractivity contribution < 1.29 is 16.8 Å². The van der Waals surface area contributed by atoms with E-state index in [0.29, 0.717) is 23.1 Å². The molecule has 2 aromatic rings. The third-order valence-electron chi connectivity index (χ3n) is 2.21. The van der Waals surface area contributed by atoms with Crippen LogP contribution in [0.3, 0.4) is 0 Å². The number of nitrogens with one attached hydrogen (secondary N) is 1. The molecule has 2 rings (SSSR count). The summed E-state index contributed by atoms with van der Waals surface area (Å²) in [5.74, 6) is 0.907. The molecule has 17 heavy (non-hydrogen) atoms. The first-order valence-corrected chi connectivity index (χ1v) is 5.68. The zero-order valence-electron chi connectivity index (χ0n) is 8.92. The fraction of sp³-hybridized carbons (Fsp3) is 0.167. The van der Waals surface area contributed by atoms with Gasteiger partial charge in [-0.05, 0) is 29.8 Å². The van der Waals surface area contributed by atoms with Crippen molar-refractivity contribution in [3.05, 3.63) is 58.0 Å². The number of furan rings is 1. The molecule has 0 aliphatic rings. The molecule has 0 aliphatic heterocycles. The second-order valence-electron chi connectivity index (χ2n) is 3.42. The zero-order chi connectivity index (χ0) is 11.4. The lowest BCUT2D eigenvalue weighted by Crippen LogP contribution is -3.00. The SMILES string of the molecule is Clc1ccc(CNCc2ccco2)c(Cl)c1.[Cl-]. The average molecular weight is 292 g/mol. The largest absolute Gasteiger partial charge is 1.00 e. The van der Waals surface area contributed by atoms with Gasteiger partial charge in [0.2, 0.25) is 0 Å². The smallest absolute Gasteiger partial charge is 0.117 e. The standard InChI is InChI=1S/C12H11Cl2NO.ClH/c13-10-4-3-9(12(14)6-10)7-15-8-11-2-1-5-16-11;/h1-6,15H,7-8H2;1H/p-1. The molecule has 0 unspecified atom stereocenters. The zero-order valence-corrected chi connectivity index (χ0v) is 11.2. The number of hydrogen-bond donors (Lipinski definition) is 1. The Labute approximate surface area is 116 Å². The highest BCUT2D eigenvalue weighted by Crippen LogP contribution is 2.20. The normalized spacial score (nSPS) is 10.0. The molecule has 0 radical (unpaired) electrons. The molecule has 1 aromatic heterocycles. The van der Waals surface area contributed by atoms with Gasteiger partial charge in [0.1, 0.15) is 5.76 Å². The van der Waals surface area contributed by atoms with Crippen molar-refractivity contribution in [2.75, 3.05) is 0 Å². The topological polar surface area (TPSA) is 25.2 Å². The van der Waals surface area contributed by atoms with Crippen LogP contribution in [0.4, 0.5) is 0 Å². The molecule has 0 saturated carbocycles. The van der Waals surface area contributed by atoms with Gasteiger partial charge in [0.25, 0.3) is 0 Å². The van der Waals surface area contributed by atoms with E-state index in [1.54, 1.807) is 12.3 Å². The van der Waals surface area contributed by atoms with Crippen LogP contribution in [-0.4, -0.2) is 0 Å². The molecular weight excluding hydrogens is 280 g/mol. The Bertz CT molecular complexity index is 457. The van der Waals surface area contributed by atoms with Gasteiger partial charge in [0.15, 0.2) is 0 Å². The lowest BCUT2D eigenvalue weighted by Gasteiger charge is -2.05. The van der Waals surface area contributed by atoms with Crippen molar-refractivity contribution >= 4 is 23.2 Å². The van der Waals surface area contributed by atoms with E-state index in [9.17, 15) is 0 Å². The van der Waals surface area contributed by atoms with E-state index in [4.69, 9.17) is 27.6 Å². The molecule has 0 fully saturated rings. The minimum atomic E-state index is 0. The van der Waals surface area contributed by atoms with E-state index in [0.717, 1.165) is 11.3 Å². The summed E-state index contributed by atoms with van der Waals surface area (Å²) in [5.41, 5.74) is 1.03. The maximum Gasteiger partial charge on any atom is 0.117 e. The quantitative estimate of drug-likeness (QED) is 0.905. The Hall–Kier alpha value is -0.670. The van der Waals surface area contributed by atoms with Crippen LogP contribution in [0, 0.1) is 0 Å². The maximum atomic E-state index is 6.04. The van der Waals surface area contributed by atoms with E-state index >= 15 is 0 Å². The molecule has 1 heterocycles. The molecule has 1 aromatic carbocycles. The summed E-state index contributed by atoms with van der Waals surface area (Å²) in [6.45, 7) is 1.38. The van der Waals surface area contributed by atoms with Crippen LogP contribution < -0.4 is 17.7 Å². The first kappa shape index (κ1) is 14.4. The second-order valence-corrected chi connectivity index (χ2v) is 4.26. The number of benzene rings is 1. The first-order chi connectivity index (χ1) is 7.75. The highest BCUT2D eigenvalue weighted by molar-refractivity contribution is 6.35.